The molecule has 0 saturated carbocycles. The van der Waals surface area contributed by atoms with Crippen LogP contribution in [0.3, 0.4) is 0 Å². The fourth-order valence-electron chi connectivity index (χ4n) is 2.98. The number of likely N-dealkylation sites (tertiary alicyclic amines) is 1. The minimum absolute atomic E-state index is 0.293. The normalized spacial score (nSPS) is 14.3. The highest BCUT2D eigenvalue weighted by Crippen LogP contribution is 2.39. The summed E-state index contributed by atoms with van der Waals surface area (Å²) >= 11 is 13.6. The number of carbonyl (C=O) groups excluding carboxylic acids is 1. The predicted octanol–water partition coefficient (Wildman–Crippen LogP) is 3.61. The van der Waals surface area contributed by atoms with Crippen LogP contribution in [-0.2, 0) is 0 Å². The molecule has 0 bridgehead atoms. The first kappa shape index (κ1) is 19.9. The summed E-state index contributed by atoms with van der Waals surface area (Å²) in [4.78, 5) is 18.3. The van der Waals surface area contributed by atoms with Gasteiger partial charge in [-0.25, -0.2) is 0 Å². The zero-order chi connectivity index (χ0) is 19.4. The summed E-state index contributed by atoms with van der Waals surface area (Å²) in [5.74, 6) is -0.281. The molecule has 0 atom stereocenters. The molecule has 0 unspecified atom stereocenters. The monoisotopic (exact) mass is 426 g/mol. The Morgan fingerprint density at radius 2 is 1.93 bits per heavy atom. The van der Waals surface area contributed by atoms with Gasteiger partial charge in [0, 0.05) is 17.7 Å². The largest absolute Gasteiger partial charge is 0.492 e. The van der Waals surface area contributed by atoms with Crippen LogP contribution in [0.1, 0.15) is 23.2 Å². The van der Waals surface area contributed by atoms with Crippen molar-refractivity contribution >= 4 is 46.4 Å². The smallest absolute Gasteiger partial charge is 0.280 e. The highest BCUT2D eigenvalue weighted by atomic mass is 35.5. The number of hydrogen-bond donors (Lipinski definition) is 2. The van der Waals surface area contributed by atoms with Gasteiger partial charge in [-0.05, 0) is 55.8 Å². The van der Waals surface area contributed by atoms with E-state index in [-0.39, 0.29) is 5.96 Å². The molecular weight excluding hydrogens is 407 g/mol. The summed E-state index contributed by atoms with van der Waals surface area (Å²) in [6.45, 7) is 3.56. The number of nitrogens with zero attached hydrogens (tertiary/aromatic N) is 2. The second kappa shape index (κ2) is 8.93. The lowest BCUT2D eigenvalue weighted by Gasteiger charge is -2.15. The van der Waals surface area contributed by atoms with Crippen molar-refractivity contribution in [2.45, 2.75) is 12.8 Å². The topological polar surface area (TPSA) is 93.9 Å². The van der Waals surface area contributed by atoms with E-state index in [1.54, 1.807) is 18.2 Å². The van der Waals surface area contributed by atoms with E-state index in [0.717, 1.165) is 30.8 Å². The standard InChI is InChI=1S/C18H20Cl2N4O2S/c19-15-10-14(16(20)27-15)11-7-12(17(25)23-18(21)22)9-13(8-11)26-6-5-24-3-1-2-4-24/h7-10H,1-6H2,(H4,21,22,23,25). The Hall–Kier alpha value is -1.80. The number of benzene rings is 1. The summed E-state index contributed by atoms with van der Waals surface area (Å²) in [6, 6.07) is 6.89. The van der Waals surface area contributed by atoms with Crippen LogP contribution in [0.5, 0.6) is 5.75 Å². The number of hydrogen-bond acceptors (Lipinski definition) is 4. The molecule has 1 amide bonds. The molecule has 9 heteroatoms. The minimum atomic E-state index is -0.543. The first-order valence-electron chi connectivity index (χ1n) is 8.52. The van der Waals surface area contributed by atoms with Crippen molar-refractivity contribution in [3.05, 3.63) is 38.5 Å². The summed E-state index contributed by atoms with van der Waals surface area (Å²) in [5.41, 5.74) is 12.4. The van der Waals surface area contributed by atoms with Gasteiger partial charge in [-0.2, -0.15) is 4.99 Å². The van der Waals surface area contributed by atoms with E-state index < -0.39 is 5.91 Å². The quantitative estimate of drug-likeness (QED) is 0.543. The fourth-order valence-corrected chi connectivity index (χ4v) is 4.49. The number of rotatable bonds is 6. The summed E-state index contributed by atoms with van der Waals surface area (Å²) in [7, 11) is 0. The maximum Gasteiger partial charge on any atom is 0.280 e. The van der Waals surface area contributed by atoms with E-state index in [9.17, 15) is 4.79 Å². The van der Waals surface area contributed by atoms with Crippen molar-refractivity contribution in [3.63, 3.8) is 0 Å². The zero-order valence-electron chi connectivity index (χ0n) is 14.6. The van der Waals surface area contributed by atoms with Gasteiger partial charge in [0.2, 0.25) is 0 Å². The van der Waals surface area contributed by atoms with Gasteiger partial charge in [0.05, 0.1) is 4.34 Å². The summed E-state index contributed by atoms with van der Waals surface area (Å²) in [5, 5.41) is 0. The maximum absolute atomic E-state index is 12.3. The Morgan fingerprint density at radius 3 is 2.56 bits per heavy atom. The SMILES string of the molecule is NC(N)=NC(=O)c1cc(OCCN2CCCC2)cc(-c2cc(Cl)sc2Cl)c1. The molecule has 4 N–H and O–H groups in total. The van der Waals surface area contributed by atoms with E-state index in [1.165, 1.54) is 24.2 Å². The Morgan fingerprint density at radius 1 is 1.19 bits per heavy atom. The third-order valence-electron chi connectivity index (χ3n) is 4.23. The maximum atomic E-state index is 12.3. The Kier molecular flexibility index (Phi) is 6.59. The van der Waals surface area contributed by atoms with Gasteiger partial charge < -0.3 is 16.2 Å². The zero-order valence-corrected chi connectivity index (χ0v) is 16.9. The molecule has 1 aliphatic heterocycles. The van der Waals surface area contributed by atoms with Gasteiger partial charge in [0.25, 0.3) is 5.91 Å². The number of ether oxygens (including phenoxy) is 1. The first-order valence-corrected chi connectivity index (χ1v) is 10.1. The molecule has 0 radical (unpaired) electrons. The molecular formula is C18H20Cl2N4O2S. The number of amides is 1. The molecule has 1 aromatic heterocycles. The lowest BCUT2D eigenvalue weighted by molar-refractivity contribution is 0.100. The van der Waals surface area contributed by atoms with E-state index in [2.05, 4.69) is 9.89 Å². The third-order valence-corrected chi connectivity index (χ3v) is 5.71. The number of guanidine groups is 1. The highest BCUT2D eigenvalue weighted by molar-refractivity contribution is 7.20. The van der Waals surface area contributed by atoms with Crippen LogP contribution >= 0.6 is 34.5 Å². The Labute approximate surface area is 171 Å². The lowest BCUT2D eigenvalue weighted by atomic mass is 10.0. The van der Waals surface area contributed by atoms with E-state index in [0.29, 0.717) is 26.6 Å². The summed E-state index contributed by atoms with van der Waals surface area (Å²) in [6.07, 6.45) is 2.45. The summed E-state index contributed by atoms with van der Waals surface area (Å²) < 4.78 is 6.99. The molecule has 0 aliphatic carbocycles. The second-order valence-corrected chi connectivity index (χ2v) is 8.51. The van der Waals surface area contributed by atoms with E-state index >= 15 is 0 Å². The van der Waals surface area contributed by atoms with Crippen molar-refractivity contribution in [2.75, 3.05) is 26.2 Å². The second-order valence-electron chi connectivity index (χ2n) is 6.22. The van der Waals surface area contributed by atoms with Gasteiger partial charge in [-0.1, -0.05) is 23.2 Å². The van der Waals surface area contributed by atoms with Crippen LogP contribution < -0.4 is 16.2 Å². The highest BCUT2D eigenvalue weighted by Gasteiger charge is 2.15. The number of thiophene rings is 1. The number of halogens is 2. The average molecular weight is 427 g/mol. The van der Waals surface area contributed by atoms with Gasteiger partial charge in [-0.3, -0.25) is 9.69 Å². The fraction of sp³-hybridized carbons (Fsp3) is 0.333. The number of carbonyl (C=O) groups is 1. The van der Waals surface area contributed by atoms with Crippen LogP contribution in [0.2, 0.25) is 8.67 Å². The van der Waals surface area contributed by atoms with Crippen molar-refractivity contribution < 1.29 is 9.53 Å². The van der Waals surface area contributed by atoms with Gasteiger partial charge >= 0.3 is 0 Å². The Bertz CT molecular complexity index is 859. The minimum Gasteiger partial charge on any atom is -0.492 e. The van der Waals surface area contributed by atoms with E-state index in [4.69, 9.17) is 39.4 Å². The van der Waals surface area contributed by atoms with Gasteiger partial charge in [-0.15, -0.1) is 11.3 Å². The third kappa shape index (κ3) is 5.35. The van der Waals surface area contributed by atoms with Gasteiger partial charge in [0.15, 0.2) is 5.96 Å². The number of nitrogens with two attached hydrogens (primary N) is 2. The van der Waals surface area contributed by atoms with Crippen molar-refractivity contribution in [1.29, 1.82) is 0 Å². The molecule has 3 rings (SSSR count). The molecule has 1 saturated heterocycles. The lowest BCUT2D eigenvalue weighted by Crippen LogP contribution is -2.25. The molecule has 27 heavy (non-hydrogen) atoms. The molecule has 2 heterocycles. The van der Waals surface area contributed by atoms with Crippen LogP contribution in [0, 0.1) is 0 Å². The molecule has 2 aromatic rings. The molecule has 0 spiro atoms. The Balaban J connectivity index is 1.86. The predicted molar refractivity (Wildman–Crippen MR) is 111 cm³/mol. The average Bonchev–Trinajstić information content (AvgIpc) is 3.23. The van der Waals surface area contributed by atoms with Crippen molar-refractivity contribution in [2.24, 2.45) is 16.5 Å². The molecule has 1 aliphatic rings. The first-order chi connectivity index (χ1) is 12.9. The molecule has 1 fully saturated rings. The van der Waals surface area contributed by atoms with Crippen LogP contribution in [0.15, 0.2) is 29.3 Å². The molecule has 144 valence electrons. The molecule has 6 nitrogen and oxygen atoms in total. The van der Waals surface area contributed by atoms with E-state index in [1.807, 2.05) is 6.07 Å². The van der Waals surface area contributed by atoms with Crippen LogP contribution in [0.25, 0.3) is 11.1 Å². The van der Waals surface area contributed by atoms with Crippen molar-refractivity contribution in [1.82, 2.24) is 4.90 Å². The van der Waals surface area contributed by atoms with Gasteiger partial charge in [0.1, 0.15) is 16.7 Å². The number of aliphatic imine (C=N–C) groups is 1. The van der Waals surface area contributed by atoms with Crippen LogP contribution in [-0.4, -0.2) is 43.0 Å². The van der Waals surface area contributed by atoms with Crippen molar-refractivity contribution in [3.8, 4) is 16.9 Å². The van der Waals surface area contributed by atoms with Crippen LogP contribution in [0.4, 0.5) is 0 Å². The molecule has 1 aromatic carbocycles.